The lowest BCUT2D eigenvalue weighted by molar-refractivity contribution is -0.129. The number of unbranched alkanes of at least 4 members (excludes halogenated alkanes) is 12. The van der Waals surface area contributed by atoms with Gasteiger partial charge in [-0.2, -0.15) is 0 Å². The van der Waals surface area contributed by atoms with Gasteiger partial charge in [-0.15, -0.1) is 0 Å². The standard InChI is InChI=1S/C46H83NO2/c1-8-9-10-11-12-13-14-15-16-17-18-19-20-21-22-23-34-47-43(48)49-38-29-32-45(6)37(35-38)24-25-39-41-27-26-40(36(2)28-31-44(3,4)5)46(41,7)33-30-42(39)45/h15-16,36-42H,8-14,17-35H2,1-7H3,(H,47,48)/b16-15-/t36-,37?,38-,39?,40-,41?,42?,45+,46-/m1/s1. The van der Waals surface area contributed by atoms with Gasteiger partial charge in [-0.3, -0.25) is 0 Å². The van der Waals surface area contributed by atoms with E-state index in [1.807, 2.05) is 0 Å². The molecule has 49 heavy (non-hydrogen) atoms. The average Bonchev–Trinajstić information content (AvgIpc) is 3.42. The first-order valence-corrected chi connectivity index (χ1v) is 22.1. The smallest absolute Gasteiger partial charge is 0.407 e. The quantitative estimate of drug-likeness (QED) is 0.103. The van der Waals surface area contributed by atoms with Gasteiger partial charge in [0.1, 0.15) is 6.10 Å². The Hall–Kier alpha value is -0.990. The van der Waals surface area contributed by atoms with E-state index in [2.05, 4.69) is 65.9 Å². The van der Waals surface area contributed by atoms with Crippen molar-refractivity contribution in [2.24, 2.45) is 51.8 Å². The molecule has 0 saturated heterocycles. The van der Waals surface area contributed by atoms with Crippen LogP contribution in [0.25, 0.3) is 0 Å². The molecule has 3 nitrogen and oxygen atoms in total. The molecular weight excluding hydrogens is 599 g/mol. The van der Waals surface area contributed by atoms with E-state index in [1.54, 1.807) is 0 Å². The molecule has 1 amide bonds. The molecule has 9 atom stereocenters. The van der Waals surface area contributed by atoms with Gasteiger partial charge >= 0.3 is 6.09 Å². The van der Waals surface area contributed by atoms with Crippen LogP contribution >= 0.6 is 0 Å². The maximum absolute atomic E-state index is 12.7. The fourth-order valence-corrected chi connectivity index (χ4v) is 11.9. The number of carbonyl (C=O) groups excluding carboxylic acids is 1. The molecule has 4 unspecified atom stereocenters. The predicted molar refractivity (Wildman–Crippen MR) is 211 cm³/mol. The summed E-state index contributed by atoms with van der Waals surface area (Å²) >= 11 is 0. The molecule has 0 aliphatic heterocycles. The summed E-state index contributed by atoms with van der Waals surface area (Å²) in [5.41, 5.74) is 1.45. The third kappa shape index (κ3) is 11.8. The lowest BCUT2D eigenvalue weighted by atomic mass is 9.44. The summed E-state index contributed by atoms with van der Waals surface area (Å²) in [5, 5.41) is 3.10. The normalized spacial score (nSPS) is 33.5. The highest BCUT2D eigenvalue weighted by Crippen LogP contribution is 2.68. The van der Waals surface area contributed by atoms with Crippen molar-refractivity contribution in [2.75, 3.05) is 6.54 Å². The first-order valence-electron chi connectivity index (χ1n) is 22.1. The fourth-order valence-electron chi connectivity index (χ4n) is 11.9. The molecule has 0 heterocycles. The van der Waals surface area contributed by atoms with Crippen molar-refractivity contribution in [1.82, 2.24) is 5.32 Å². The predicted octanol–water partition coefficient (Wildman–Crippen LogP) is 14.2. The number of rotatable bonds is 20. The highest BCUT2D eigenvalue weighted by atomic mass is 16.6. The summed E-state index contributed by atoms with van der Waals surface area (Å²) in [6, 6.07) is 0. The van der Waals surface area contributed by atoms with Gasteiger partial charge in [-0.1, -0.05) is 118 Å². The third-order valence-electron chi connectivity index (χ3n) is 15.0. The summed E-state index contributed by atoms with van der Waals surface area (Å²) < 4.78 is 6.07. The third-order valence-corrected chi connectivity index (χ3v) is 15.0. The van der Waals surface area contributed by atoms with E-state index in [0.717, 1.165) is 61.3 Å². The van der Waals surface area contributed by atoms with Crippen LogP contribution in [-0.2, 0) is 4.74 Å². The molecule has 0 aromatic carbocycles. The second kappa shape index (κ2) is 19.7. The SMILES string of the molecule is CCCCCCCC/C=C\CCCCCCCCNC(=O)O[C@@H]1CC[C@@]2(C)C(CCC3C2CC[C@@]2(C)C3CC[C@@H]2[C@H](C)CCC(C)(C)C)C1. The van der Waals surface area contributed by atoms with Gasteiger partial charge in [0.25, 0.3) is 0 Å². The number of hydrogen-bond acceptors (Lipinski definition) is 2. The molecule has 0 aromatic heterocycles. The lowest BCUT2D eigenvalue weighted by Gasteiger charge is -2.61. The van der Waals surface area contributed by atoms with Crippen molar-refractivity contribution in [3.05, 3.63) is 12.2 Å². The van der Waals surface area contributed by atoms with Gasteiger partial charge < -0.3 is 10.1 Å². The summed E-state index contributed by atoms with van der Waals surface area (Å²) in [6.07, 6.45) is 37.9. The Morgan fingerprint density at radius 3 is 2.06 bits per heavy atom. The summed E-state index contributed by atoms with van der Waals surface area (Å²) in [5.74, 6) is 5.26. The molecule has 4 rings (SSSR count). The second-order valence-corrected chi connectivity index (χ2v) is 19.6. The minimum Gasteiger partial charge on any atom is -0.446 e. The van der Waals surface area contributed by atoms with Crippen molar-refractivity contribution in [1.29, 1.82) is 0 Å². The molecule has 4 aliphatic carbocycles. The topological polar surface area (TPSA) is 38.3 Å². The van der Waals surface area contributed by atoms with Crippen molar-refractivity contribution in [3.63, 3.8) is 0 Å². The van der Waals surface area contributed by atoms with E-state index >= 15 is 0 Å². The minimum atomic E-state index is -0.166. The molecular formula is C46H83NO2. The van der Waals surface area contributed by atoms with Gasteiger partial charge in [0, 0.05) is 6.54 Å². The van der Waals surface area contributed by atoms with Gasteiger partial charge in [-0.25, -0.2) is 4.79 Å². The highest BCUT2D eigenvalue weighted by Gasteiger charge is 2.60. The number of fused-ring (bicyclic) bond motifs is 5. The average molecular weight is 682 g/mol. The minimum absolute atomic E-state index is 0.114. The Morgan fingerprint density at radius 2 is 1.39 bits per heavy atom. The second-order valence-electron chi connectivity index (χ2n) is 19.6. The zero-order chi connectivity index (χ0) is 35.3. The maximum Gasteiger partial charge on any atom is 0.407 e. The van der Waals surface area contributed by atoms with Crippen molar-refractivity contribution >= 4 is 6.09 Å². The molecule has 0 bridgehead atoms. The number of ether oxygens (including phenoxy) is 1. The van der Waals surface area contributed by atoms with Crippen LogP contribution in [0.1, 0.15) is 209 Å². The zero-order valence-electron chi connectivity index (χ0n) is 33.9. The van der Waals surface area contributed by atoms with E-state index < -0.39 is 0 Å². The van der Waals surface area contributed by atoms with E-state index in [9.17, 15) is 4.79 Å². The molecule has 4 aliphatic rings. The van der Waals surface area contributed by atoms with Gasteiger partial charge in [-0.05, 0) is 154 Å². The van der Waals surface area contributed by atoms with Crippen LogP contribution in [0.3, 0.4) is 0 Å². The number of allylic oxidation sites excluding steroid dienone is 2. The largest absolute Gasteiger partial charge is 0.446 e. The maximum atomic E-state index is 12.7. The van der Waals surface area contributed by atoms with Crippen LogP contribution < -0.4 is 5.32 Å². The zero-order valence-corrected chi connectivity index (χ0v) is 33.9. The van der Waals surface area contributed by atoms with Crippen LogP contribution in [0.15, 0.2) is 12.2 Å². The Balaban J connectivity index is 1.07. The van der Waals surface area contributed by atoms with Crippen LogP contribution in [0.4, 0.5) is 4.79 Å². The first kappa shape index (κ1) is 40.8. The van der Waals surface area contributed by atoms with Gasteiger partial charge in [0.05, 0.1) is 0 Å². The van der Waals surface area contributed by atoms with Gasteiger partial charge in [0.2, 0.25) is 0 Å². The van der Waals surface area contributed by atoms with Crippen LogP contribution in [-0.4, -0.2) is 18.7 Å². The van der Waals surface area contributed by atoms with Gasteiger partial charge in [0.15, 0.2) is 0 Å². The molecule has 3 heteroatoms. The molecule has 0 spiro atoms. The van der Waals surface area contributed by atoms with Crippen molar-refractivity contribution in [2.45, 2.75) is 215 Å². The molecule has 0 aromatic rings. The summed E-state index contributed by atoms with van der Waals surface area (Å²) in [7, 11) is 0. The van der Waals surface area contributed by atoms with E-state index in [-0.39, 0.29) is 12.2 Å². The molecule has 4 saturated carbocycles. The monoisotopic (exact) mass is 682 g/mol. The lowest BCUT2D eigenvalue weighted by Crippen LogP contribution is -2.54. The van der Waals surface area contributed by atoms with E-state index in [1.165, 1.54) is 141 Å². The summed E-state index contributed by atoms with van der Waals surface area (Å²) in [4.78, 5) is 12.7. The number of nitrogens with one attached hydrogen (secondary N) is 1. The summed E-state index contributed by atoms with van der Waals surface area (Å²) in [6.45, 7) is 18.2. The van der Waals surface area contributed by atoms with Crippen LogP contribution in [0, 0.1) is 51.8 Å². The Bertz CT molecular complexity index is 982. The van der Waals surface area contributed by atoms with Crippen molar-refractivity contribution < 1.29 is 9.53 Å². The molecule has 0 radical (unpaired) electrons. The number of carbonyl (C=O) groups is 1. The first-order chi connectivity index (χ1) is 23.5. The fraction of sp³-hybridized carbons (Fsp3) is 0.935. The van der Waals surface area contributed by atoms with E-state index in [4.69, 9.17) is 4.74 Å². The Kier molecular flexibility index (Phi) is 16.4. The molecule has 1 N–H and O–H groups in total. The van der Waals surface area contributed by atoms with E-state index in [0.29, 0.717) is 16.2 Å². The number of alkyl carbamates (subject to hydrolysis) is 1. The Morgan fingerprint density at radius 1 is 0.776 bits per heavy atom. The number of hydrogen-bond donors (Lipinski definition) is 1. The van der Waals surface area contributed by atoms with Crippen LogP contribution in [0.2, 0.25) is 0 Å². The molecule has 4 fully saturated rings. The highest BCUT2D eigenvalue weighted by molar-refractivity contribution is 5.67. The molecule has 284 valence electrons. The number of amides is 1. The Labute approximate surface area is 305 Å². The van der Waals surface area contributed by atoms with Crippen molar-refractivity contribution in [3.8, 4) is 0 Å². The van der Waals surface area contributed by atoms with Crippen LogP contribution in [0.5, 0.6) is 0 Å².